The molecule has 2 N–H and O–H groups in total. The molecule has 0 unspecified atom stereocenters. The molecule has 2 saturated heterocycles. The van der Waals surface area contributed by atoms with Crippen molar-refractivity contribution in [1.82, 2.24) is 19.6 Å². The van der Waals surface area contributed by atoms with Crippen LogP contribution in [-0.2, 0) is 29.7 Å². The molecule has 40 heavy (non-hydrogen) atoms. The molecular formula is C26H34F6N4O4. The number of aromatic nitrogens is 2. The van der Waals surface area contributed by atoms with Crippen LogP contribution in [0.25, 0.3) is 0 Å². The summed E-state index contributed by atoms with van der Waals surface area (Å²) in [6, 6.07) is 9.05. The number of carboxylic acid groups (broad SMARTS) is 2. The molecule has 224 valence electrons. The van der Waals surface area contributed by atoms with E-state index in [-0.39, 0.29) is 0 Å². The minimum absolute atomic E-state index is 0.606. The molecule has 1 aromatic heterocycles. The molecule has 1 spiro atoms. The zero-order valence-electron chi connectivity index (χ0n) is 22.3. The highest BCUT2D eigenvalue weighted by atomic mass is 19.4. The summed E-state index contributed by atoms with van der Waals surface area (Å²) in [5, 5.41) is 18.5. The second-order valence-electron chi connectivity index (χ2n) is 10.2. The summed E-state index contributed by atoms with van der Waals surface area (Å²) in [5.41, 5.74) is 4.76. The Balaban J connectivity index is 0.000000333. The van der Waals surface area contributed by atoms with Crippen LogP contribution in [0.1, 0.15) is 42.4 Å². The summed E-state index contributed by atoms with van der Waals surface area (Å²) < 4.78 is 65.4. The number of aryl methyl sites for hydroxylation is 2. The highest BCUT2D eigenvalue weighted by Crippen LogP contribution is 2.41. The van der Waals surface area contributed by atoms with E-state index in [1.165, 1.54) is 68.6 Å². The van der Waals surface area contributed by atoms with Crippen molar-refractivity contribution in [2.75, 3.05) is 26.2 Å². The standard InChI is InChI=1S/C22H32N4.2C2HF3O2/c1-19-3-5-20(6-4-19)17-25-11-7-22(8-12-25)9-13-26(14-10-22)18-21-15-23-24(2)16-21;2*3-2(4,5)1(6)7/h3-6,15-16H,7-14,17-18H2,1-2H3;2*(H,6,7). The number of aliphatic carboxylic acids is 2. The van der Waals surface area contributed by atoms with E-state index in [1.54, 1.807) is 0 Å². The fraction of sp³-hybridized carbons (Fsp3) is 0.577. The zero-order valence-corrected chi connectivity index (χ0v) is 22.3. The Morgan fingerprint density at radius 3 is 1.50 bits per heavy atom. The fourth-order valence-corrected chi connectivity index (χ4v) is 4.63. The average Bonchev–Trinajstić information content (AvgIpc) is 3.27. The second kappa shape index (κ2) is 14.0. The van der Waals surface area contributed by atoms with Gasteiger partial charge in [0.2, 0.25) is 0 Å². The highest BCUT2D eigenvalue weighted by molar-refractivity contribution is 5.73. The van der Waals surface area contributed by atoms with Crippen molar-refractivity contribution in [3.63, 3.8) is 0 Å². The Labute approximate surface area is 228 Å². The first-order valence-corrected chi connectivity index (χ1v) is 12.6. The third-order valence-electron chi connectivity index (χ3n) is 7.01. The number of piperidine rings is 2. The first-order valence-electron chi connectivity index (χ1n) is 12.6. The number of rotatable bonds is 4. The fourth-order valence-electron chi connectivity index (χ4n) is 4.63. The van der Waals surface area contributed by atoms with Crippen LogP contribution in [0.5, 0.6) is 0 Å². The Bertz CT molecular complexity index is 1060. The second-order valence-corrected chi connectivity index (χ2v) is 10.2. The van der Waals surface area contributed by atoms with Gasteiger partial charge in [-0.25, -0.2) is 9.59 Å². The van der Waals surface area contributed by atoms with E-state index >= 15 is 0 Å². The maximum absolute atomic E-state index is 10.6. The minimum Gasteiger partial charge on any atom is -0.475 e. The number of likely N-dealkylation sites (tertiary alicyclic amines) is 2. The number of nitrogens with zero attached hydrogens (tertiary/aromatic N) is 4. The summed E-state index contributed by atoms with van der Waals surface area (Å²) >= 11 is 0. The Hall–Kier alpha value is -3.13. The summed E-state index contributed by atoms with van der Waals surface area (Å²) in [6.45, 7) is 9.34. The van der Waals surface area contributed by atoms with E-state index in [2.05, 4.69) is 52.3 Å². The molecule has 0 saturated carbocycles. The molecule has 2 fully saturated rings. The predicted molar refractivity (Wildman–Crippen MR) is 133 cm³/mol. The maximum Gasteiger partial charge on any atom is 0.490 e. The number of benzene rings is 1. The van der Waals surface area contributed by atoms with Crippen LogP contribution < -0.4 is 0 Å². The van der Waals surface area contributed by atoms with Crippen LogP contribution >= 0.6 is 0 Å². The summed E-state index contributed by atoms with van der Waals surface area (Å²) in [7, 11) is 2.00. The van der Waals surface area contributed by atoms with Crippen LogP contribution in [0.4, 0.5) is 26.3 Å². The van der Waals surface area contributed by atoms with Gasteiger partial charge in [-0.15, -0.1) is 0 Å². The van der Waals surface area contributed by atoms with E-state index in [9.17, 15) is 26.3 Å². The van der Waals surface area contributed by atoms with Crippen LogP contribution in [0.15, 0.2) is 36.7 Å². The molecule has 2 aliphatic heterocycles. The van der Waals surface area contributed by atoms with E-state index < -0.39 is 24.3 Å². The monoisotopic (exact) mass is 580 g/mol. The molecule has 3 heterocycles. The molecule has 0 aliphatic carbocycles. The van der Waals surface area contributed by atoms with Crippen molar-refractivity contribution in [3.8, 4) is 0 Å². The Morgan fingerprint density at radius 1 is 0.800 bits per heavy atom. The van der Waals surface area contributed by atoms with Crippen LogP contribution in [0, 0.1) is 12.3 Å². The Morgan fingerprint density at radius 2 is 1.18 bits per heavy atom. The third-order valence-corrected chi connectivity index (χ3v) is 7.01. The molecular weight excluding hydrogens is 546 g/mol. The van der Waals surface area contributed by atoms with E-state index in [1.807, 2.05) is 17.9 Å². The first kappa shape index (κ1) is 33.1. The number of carbonyl (C=O) groups is 2. The predicted octanol–water partition coefficient (Wildman–Crippen LogP) is 4.87. The van der Waals surface area contributed by atoms with Gasteiger partial charge in [0.25, 0.3) is 0 Å². The highest BCUT2D eigenvalue weighted by Gasteiger charge is 2.39. The summed E-state index contributed by atoms with van der Waals surface area (Å²) in [5.74, 6) is -5.51. The van der Waals surface area contributed by atoms with Crippen molar-refractivity contribution in [3.05, 3.63) is 53.3 Å². The molecule has 8 nitrogen and oxygen atoms in total. The maximum atomic E-state index is 10.6. The lowest BCUT2D eigenvalue weighted by Gasteiger charge is -2.47. The molecule has 0 atom stereocenters. The van der Waals surface area contributed by atoms with E-state index in [4.69, 9.17) is 19.8 Å². The molecule has 14 heteroatoms. The lowest BCUT2D eigenvalue weighted by atomic mass is 9.71. The third kappa shape index (κ3) is 11.2. The van der Waals surface area contributed by atoms with Crippen molar-refractivity contribution in [2.45, 2.75) is 58.0 Å². The number of halogens is 6. The van der Waals surface area contributed by atoms with Crippen molar-refractivity contribution in [2.24, 2.45) is 12.5 Å². The average molecular weight is 581 g/mol. The number of hydrogen-bond donors (Lipinski definition) is 2. The quantitative estimate of drug-likeness (QED) is 0.498. The van der Waals surface area contributed by atoms with Crippen molar-refractivity contribution < 1.29 is 46.1 Å². The normalized spacial score (nSPS) is 17.8. The van der Waals surface area contributed by atoms with Crippen molar-refractivity contribution >= 4 is 11.9 Å². The largest absolute Gasteiger partial charge is 0.490 e. The topological polar surface area (TPSA) is 98.9 Å². The molecule has 2 aromatic rings. The van der Waals surface area contributed by atoms with Gasteiger partial charge >= 0.3 is 24.3 Å². The zero-order chi connectivity index (χ0) is 30.1. The van der Waals surface area contributed by atoms with Gasteiger partial charge in [-0.05, 0) is 69.8 Å². The van der Waals surface area contributed by atoms with Crippen LogP contribution in [-0.4, -0.2) is 80.3 Å². The number of hydrogen-bond acceptors (Lipinski definition) is 5. The van der Waals surface area contributed by atoms with Gasteiger partial charge in [0.05, 0.1) is 6.20 Å². The lowest BCUT2D eigenvalue weighted by Crippen LogP contribution is -2.46. The van der Waals surface area contributed by atoms with E-state index in [0.717, 1.165) is 13.1 Å². The van der Waals surface area contributed by atoms with Gasteiger partial charge in [0.15, 0.2) is 0 Å². The van der Waals surface area contributed by atoms with Crippen LogP contribution in [0.2, 0.25) is 0 Å². The number of carboxylic acids is 2. The Kier molecular flexibility index (Phi) is 11.6. The lowest BCUT2D eigenvalue weighted by molar-refractivity contribution is -0.193. The van der Waals surface area contributed by atoms with Gasteiger partial charge in [0.1, 0.15) is 0 Å². The molecule has 0 bridgehead atoms. The van der Waals surface area contributed by atoms with Gasteiger partial charge in [-0.2, -0.15) is 31.4 Å². The SMILES string of the molecule is Cc1ccc(CN2CCC3(CC2)CCN(Cc2cnn(C)c2)CC3)cc1.O=C(O)C(F)(F)F.O=C(O)C(F)(F)F. The van der Waals surface area contributed by atoms with Crippen LogP contribution in [0.3, 0.4) is 0 Å². The molecule has 4 rings (SSSR count). The summed E-state index contributed by atoms with van der Waals surface area (Å²) in [4.78, 5) is 23.1. The van der Waals surface area contributed by atoms with Gasteiger partial charge in [0, 0.05) is 31.9 Å². The molecule has 1 aromatic carbocycles. The number of alkyl halides is 6. The van der Waals surface area contributed by atoms with Crippen molar-refractivity contribution in [1.29, 1.82) is 0 Å². The van der Waals surface area contributed by atoms with E-state index in [0.29, 0.717) is 5.41 Å². The van der Waals surface area contributed by atoms with Gasteiger partial charge in [-0.3, -0.25) is 14.5 Å². The molecule has 0 radical (unpaired) electrons. The minimum atomic E-state index is -5.08. The first-order chi connectivity index (χ1) is 18.5. The molecule has 0 amide bonds. The van der Waals surface area contributed by atoms with Gasteiger partial charge in [-0.1, -0.05) is 29.8 Å². The van der Waals surface area contributed by atoms with Gasteiger partial charge < -0.3 is 10.2 Å². The smallest absolute Gasteiger partial charge is 0.475 e. The summed E-state index contributed by atoms with van der Waals surface area (Å²) in [6.07, 6.45) is -0.529. The molecule has 2 aliphatic rings.